The Morgan fingerprint density at radius 3 is 3.00 bits per heavy atom. The number of furan rings is 1. The van der Waals surface area contributed by atoms with E-state index in [0.717, 1.165) is 5.58 Å². The van der Waals surface area contributed by atoms with Crippen molar-refractivity contribution in [1.29, 1.82) is 0 Å². The molecule has 0 spiro atoms. The van der Waals surface area contributed by atoms with Crippen molar-refractivity contribution in [3.05, 3.63) is 34.1 Å². The molecule has 0 atom stereocenters. The first-order valence-electron chi connectivity index (χ1n) is 2.99. The van der Waals surface area contributed by atoms with E-state index in [2.05, 4.69) is 28.7 Å². The fourth-order valence-electron chi connectivity index (χ4n) is 0.938. The van der Waals surface area contributed by atoms with E-state index in [9.17, 15) is 0 Å². The first-order chi connectivity index (χ1) is 4.86. The Labute approximate surface area is 72.2 Å². The molecular formula is C8H5IO. The van der Waals surface area contributed by atoms with Crippen LogP contribution in [0.4, 0.5) is 0 Å². The van der Waals surface area contributed by atoms with Crippen LogP contribution in [0.2, 0.25) is 0 Å². The summed E-state index contributed by atoms with van der Waals surface area (Å²) in [6, 6.07) is 8.08. The van der Waals surface area contributed by atoms with Crippen molar-refractivity contribution >= 4 is 33.6 Å². The van der Waals surface area contributed by atoms with Gasteiger partial charge in [-0.15, -0.1) is 0 Å². The number of fused-ring (bicyclic) bond motifs is 1. The minimum absolute atomic E-state index is 0.959. The van der Waals surface area contributed by atoms with E-state index in [1.165, 1.54) is 8.96 Å². The SMILES string of the molecule is Ic1ccc2occc2c1. The molecule has 0 saturated heterocycles. The van der Waals surface area contributed by atoms with Crippen molar-refractivity contribution in [3.8, 4) is 0 Å². The quantitative estimate of drug-likeness (QED) is 0.649. The van der Waals surface area contributed by atoms with Crippen LogP contribution in [0.1, 0.15) is 0 Å². The fraction of sp³-hybridized carbons (Fsp3) is 0. The third kappa shape index (κ3) is 0.923. The summed E-state index contributed by atoms with van der Waals surface area (Å²) in [7, 11) is 0. The highest BCUT2D eigenvalue weighted by Crippen LogP contribution is 2.17. The van der Waals surface area contributed by atoms with Crippen molar-refractivity contribution in [2.45, 2.75) is 0 Å². The van der Waals surface area contributed by atoms with Crippen molar-refractivity contribution in [2.24, 2.45) is 0 Å². The molecule has 0 unspecified atom stereocenters. The van der Waals surface area contributed by atoms with Gasteiger partial charge in [0.15, 0.2) is 0 Å². The molecule has 1 aromatic carbocycles. The average Bonchev–Trinajstić information content (AvgIpc) is 2.33. The van der Waals surface area contributed by atoms with E-state index in [1.807, 2.05) is 18.2 Å². The summed E-state index contributed by atoms with van der Waals surface area (Å²) < 4.78 is 6.41. The monoisotopic (exact) mass is 244 g/mol. The van der Waals surface area contributed by atoms with Gasteiger partial charge in [-0.1, -0.05) is 0 Å². The van der Waals surface area contributed by atoms with Crippen LogP contribution < -0.4 is 0 Å². The lowest BCUT2D eigenvalue weighted by Crippen LogP contribution is -1.66. The Bertz CT molecular complexity index is 351. The highest BCUT2D eigenvalue weighted by atomic mass is 127. The Morgan fingerprint density at radius 2 is 2.10 bits per heavy atom. The maximum atomic E-state index is 5.17. The predicted octanol–water partition coefficient (Wildman–Crippen LogP) is 3.04. The Balaban J connectivity index is 2.86. The molecule has 1 aromatic heterocycles. The number of hydrogen-bond acceptors (Lipinski definition) is 1. The third-order valence-corrected chi connectivity index (χ3v) is 2.09. The summed E-state index contributed by atoms with van der Waals surface area (Å²) >= 11 is 2.28. The molecule has 0 aliphatic rings. The van der Waals surface area contributed by atoms with Gasteiger partial charge in [-0.2, -0.15) is 0 Å². The van der Waals surface area contributed by atoms with Gasteiger partial charge in [-0.3, -0.25) is 0 Å². The molecule has 0 N–H and O–H groups in total. The smallest absolute Gasteiger partial charge is 0.133 e. The Kier molecular flexibility index (Phi) is 1.41. The molecule has 0 aliphatic heterocycles. The lowest BCUT2D eigenvalue weighted by atomic mass is 10.3. The van der Waals surface area contributed by atoms with Crippen molar-refractivity contribution in [3.63, 3.8) is 0 Å². The van der Waals surface area contributed by atoms with Crippen molar-refractivity contribution in [2.75, 3.05) is 0 Å². The standard InChI is InChI=1S/C8H5IO/c9-7-1-2-8-6(5-7)3-4-10-8/h1-5H. The molecule has 50 valence electrons. The van der Waals surface area contributed by atoms with Crippen LogP contribution >= 0.6 is 22.6 Å². The molecule has 1 heterocycles. The van der Waals surface area contributed by atoms with Crippen LogP contribution in [0.5, 0.6) is 0 Å². The largest absolute Gasteiger partial charge is 0.464 e. The number of halogens is 1. The van der Waals surface area contributed by atoms with Gasteiger partial charge >= 0.3 is 0 Å². The first kappa shape index (κ1) is 6.22. The molecule has 0 amide bonds. The van der Waals surface area contributed by atoms with Crippen LogP contribution in [0.25, 0.3) is 11.0 Å². The molecular weight excluding hydrogens is 239 g/mol. The summed E-state index contributed by atoms with van der Waals surface area (Å²) in [5.41, 5.74) is 0.959. The maximum absolute atomic E-state index is 5.17. The summed E-state index contributed by atoms with van der Waals surface area (Å²) in [5, 5.41) is 1.17. The molecule has 0 fully saturated rings. The minimum Gasteiger partial charge on any atom is -0.464 e. The van der Waals surface area contributed by atoms with Gasteiger partial charge in [0.1, 0.15) is 5.58 Å². The second kappa shape index (κ2) is 2.27. The highest BCUT2D eigenvalue weighted by Gasteiger charge is 1.94. The molecule has 2 heteroatoms. The van der Waals surface area contributed by atoms with Crippen LogP contribution in [0.3, 0.4) is 0 Å². The maximum Gasteiger partial charge on any atom is 0.133 e. The molecule has 0 aliphatic carbocycles. The van der Waals surface area contributed by atoms with E-state index >= 15 is 0 Å². The van der Waals surface area contributed by atoms with Crippen LogP contribution in [-0.2, 0) is 0 Å². The van der Waals surface area contributed by atoms with Crippen molar-refractivity contribution < 1.29 is 4.42 Å². The van der Waals surface area contributed by atoms with Gasteiger partial charge in [0.2, 0.25) is 0 Å². The summed E-state index contributed by atoms with van der Waals surface area (Å²) in [5.74, 6) is 0. The van der Waals surface area contributed by atoms with Crippen LogP contribution in [0, 0.1) is 3.57 Å². The number of hydrogen-bond donors (Lipinski definition) is 0. The van der Waals surface area contributed by atoms with Gasteiger partial charge in [-0.05, 0) is 46.9 Å². The highest BCUT2D eigenvalue weighted by molar-refractivity contribution is 14.1. The molecule has 0 radical (unpaired) electrons. The minimum atomic E-state index is 0.959. The topological polar surface area (TPSA) is 13.1 Å². The van der Waals surface area contributed by atoms with E-state index in [1.54, 1.807) is 6.26 Å². The lowest BCUT2D eigenvalue weighted by molar-refractivity contribution is 0.616. The van der Waals surface area contributed by atoms with E-state index in [-0.39, 0.29) is 0 Å². The van der Waals surface area contributed by atoms with Crippen molar-refractivity contribution in [1.82, 2.24) is 0 Å². The van der Waals surface area contributed by atoms with Gasteiger partial charge in [-0.25, -0.2) is 0 Å². The Hall–Kier alpha value is -0.510. The summed E-state index contributed by atoms with van der Waals surface area (Å²) in [6.45, 7) is 0. The molecule has 1 nitrogen and oxygen atoms in total. The van der Waals surface area contributed by atoms with Crippen LogP contribution in [0.15, 0.2) is 34.9 Å². The fourth-order valence-corrected chi connectivity index (χ4v) is 1.45. The normalized spacial score (nSPS) is 10.5. The first-order valence-corrected chi connectivity index (χ1v) is 4.07. The van der Waals surface area contributed by atoms with E-state index in [4.69, 9.17) is 4.42 Å². The molecule has 2 rings (SSSR count). The van der Waals surface area contributed by atoms with Gasteiger partial charge < -0.3 is 4.42 Å². The van der Waals surface area contributed by atoms with Crippen LogP contribution in [-0.4, -0.2) is 0 Å². The zero-order chi connectivity index (χ0) is 6.97. The van der Waals surface area contributed by atoms with E-state index in [0.29, 0.717) is 0 Å². The molecule has 10 heavy (non-hydrogen) atoms. The second-order valence-electron chi connectivity index (χ2n) is 2.10. The third-order valence-electron chi connectivity index (χ3n) is 1.41. The van der Waals surface area contributed by atoms with E-state index < -0.39 is 0 Å². The van der Waals surface area contributed by atoms with Gasteiger partial charge in [0, 0.05) is 8.96 Å². The molecule has 0 saturated carbocycles. The zero-order valence-corrected chi connectivity index (χ0v) is 7.33. The number of rotatable bonds is 0. The second-order valence-corrected chi connectivity index (χ2v) is 3.35. The van der Waals surface area contributed by atoms with Gasteiger partial charge in [0.25, 0.3) is 0 Å². The summed E-state index contributed by atoms with van der Waals surface area (Å²) in [4.78, 5) is 0. The number of benzene rings is 1. The summed E-state index contributed by atoms with van der Waals surface area (Å²) in [6.07, 6.45) is 1.71. The lowest BCUT2D eigenvalue weighted by Gasteiger charge is -1.87. The molecule has 2 aromatic rings. The molecule has 0 bridgehead atoms. The van der Waals surface area contributed by atoms with Gasteiger partial charge in [0.05, 0.1) is 6.26 Å². The zero-order valence-electron chi connectivity index (χ0n) is 5.17. The predicted molar refractivity (Wildman–Crippen MR) is 48.9 cm³/mol. The average molecular weight is 244 g/mol. The Morgan fingerprint density at radius 1 is 1.20 bits per heavy atom.